The Balaban J connectivity index is 2.25. The summed E-state index contributed by atoms with van der Waals surface area (Å²) in [6.07, 6.45) is 0. The van der Waals surface area contributed by atoms with Gasteiger partial charge in [-0.3, -0.25) is 4.72 Å². The minimum atomic E-state index is -3.45. The largest absolute Gasteiger partial charge is 0.326 e. The van der Waals surface area contributed by atoms with Crippen molar-refractivity contribution >= 4 is 38.4 Å². The van der Waals surface area contributed by atoms with Gasteiger partial charge in [0.1, 0.15) is 4.21 Å². The Hall–Kier alpha value is -0.890. The van der Waals surface area contributed by atoms with Gasteiger partial charge in [-0.2, -0.15) is 11.3 Å². The second kappa shape index (κ2) is 4.54. The molecule has 2 heterocycles. The van der Waals surface area contributed by atoms with E-state index in [9.17, 15) is 8.42 Å². The molecule has 16 heavy (non-hydrogen) atoms. The summed E-state index contributed by atoms with van der Waals surface area (Å²) in [7, 11) is -3.45. The molecule has 3 N–H and O–H groups in total. The van der Waals surface area contributed by atoms with E-state index in [1.165, 1.54) is 22.7 Å². The first-order valence-corrected chi connectivity index (χ1v) is 7.75. The highest BCUT2D eigenvalue weighted by Crippen LogP contribution is 2.23. The summed E-state index contributed by atoms with van der Waals surface area (Å²) < 4.78 is 26.6. The topological polar surface area (TPSA) is 72.2 Å². The van der Waals surface area contributed by atoms with E-state index in [1.54, 1.807) is 22.9 Å². The van der Waals surface area contributed by atoms with Crippen LogP contribution in [0.1, 0.15) is 5.56 Å². The van der Waals surface area contributed by atoms with Gasteiger partial charge in [-0.1, -0.05) is 0 Å². The number of anilines is 1. The first-order chi connectivity index (χ1) is 7.62. The molecular weight excluding hydrogens is 264 g/mol. The van der Waals surface area contributed by atoms with Crippen LogP contribution in [0.5, 0.6) is 0 Å². The molecule has 7 heteroatoms. The number of hydrogen-bond donors (Lipinski definition) is 2. The lowest BCUT2D eigenvalue weighted by Gasteiger charge is -2.02. The summed E-state index contributed by atoms with van der Waals surface area (Å²) >= 11 is 2.62. The summed E-state index contributed by atoms with van der Waals surface area (Å²) in [5.74, 6) is 0. The molecule has 4 nitrogen and oxygen atoms in total. The first kappa shape index (κ1) is 11.6. The highest BCUT2D eigenvalue weighted by atomic mass is 32.2. The Kier molecular flexibility index (Phi) is 3.29. The summed E-state index contributed by atoms with van der Waals surface area (Å²) in [4.78, 5) is 0. The molecule has 0 spiro atoms. The molecule has 2 rings (SSSR count). The van der Waals surface area contributed by atoms with Gasteiger partial charge >= 0.3 is 0 Å². The number of nitrogens with one attached hydrogen (secondary N) is 1. The van der Waals surface area contributed by atoms with E-state index in [0.29, 0.717) is 16.4 Å². The van der Waals surface area contributed by atoms with Crippen molar-refractivity contribution in [2.45, 2.75) is 10.8 Å². The Bertz CT molecular complexity index is 557. The maximum atomic E-state index is 11.9. The monoisotopic (exact) mass is 274 g/mol. The first-order valence-electron chi connectivity index (χ1n) is 4.44. The van der Waals surface area contributed by atoms with E-state index >= 15 is 0 Å². The molecule has 0 aromatic carbocycles. The van der Waals surface area contributed by atoms with Gasteiger partial charge in [-0.15, -0.1) is 11.3 Å². The van der Waals surface area contributed by atoms with Crippen LogP contribution in [-0.4, -0.2) is 8.42 Å². The van der Waals surface area contributed by atoms with Gasteiger partial charge in [0.2, 0.25) is 0 Å². The number of hydrogen-bond acceptors (Lipinski definition) is 5. The maximum Gasteiger partial charge on any atom is 0.271 e. The summed E-state index contributed by atoms with van der Waals surface area (Å²) in [5, 5.41) is 5.31. The molecule has 0 amide bonds. The van der Waals surface area contributed by atoms with Gasteiger partial charge in [0.15, 0.2) is 0 Å². The van der Waals surface area contributed by atoms with Gasteiger partial charge < -0.3 is 5.73 Å². The van der Waals surface area contributed by atoms with Crippen LogP contribution in [0.25, 0.3) is 0 Å². The Morgan fingerprint density at radius 2 is 2.19 bits per heavy atom. The second-order valence-corrected chi connectivity index (χ2v) is 6.70. The fraction of sp³-hybridized carbons (Fsp3) is 0.111. The normalized spacial score (nSPS) is 11.6. The predicted molar refractivity (Wildman–Crippen MR) is 67.3 cm³/mol. The molecule has 86 valence electrons. The molecule has 0 atom stereocenters. The molecule has 0 saturated heterocycles. The van der Waals surface area contributed by atoms with Gasteiger partial charge in [0, 0.05) is 11.9 Å². The van der Waals surface area contributed by atoms with Crippen molar-refractivity contribution < 1.29 is 8.42 Å². The molecule has 0 fully saturated rings. The number of thiophene rings is 2. The van der Waals surface area contributed by atoms with Crippen molar-refractivity contribution in [3.63, 3.8) is 0 Å². The zero-order valence-electron chi connectivity index (χ0n) is 8.21. The molecule has 2 aromatic heterocycles. The molecule has 0 aliphatic heterocycles. The van der Waals surface area contributed by atoms with Crippen LogP contribution in [0.3, 0.4) is 0 Å². The van der Waals surface area contributed by atoms with Gasteiger partial charge in [0.05, 0.1) is 5.69 Å². The summed E-state index contributed by atoms with van der Waals surface area (Å²) in [6, 6.07) is 3.32. The predicted octanol–water partition coefficient (Wildman–Crippen LogP) is 2.07. The second-order valence-electron chi connectivity index (χ2n) is 3.10. The number of nitrogens with two attached hydrogens (primary N) is 1. The van der Waals surface area contributed by atoms with E-state index in [0.717, 1.165) is 5.56 Å². The maximum absolute atomic E-state index is 11.9. The van der Waals surface area contributed by atoms with Crippen LogP contribution < -0.4 is 10.5 Å². The van der Waals surface area contributed by atoms with Gasteiger partial charge in [0.25, 0.3) is 10.0 Å². The van der Waals surface area contributed by atoms with Crippen molar-refractivity contribution in [2.24, 2.45) is 5.73 Å². The molecule has 2 aromatic rings. The third kappa shape index (κ3) is 2.43. The standard InChI is InChI=1S/C9H10N2O2S3/c10-4-7-3-9(15-5-7)16(12,13)11-8-1-2-14-6-8/h1-3,5-6,11H,4,10H2. The molecule has 0 saturated carbocycles. The molecule has 0 unspecified atom stereocenters. The number of rotatable bonds is 4. The lowest BCUT2D eigenvalue weighted by atomic mass is 10.4. The fourth-order valence-corrected chi connectivity index (χ4v) is 4.06. The van der Waals surface area contributed by atoms with Crippen molar-refractivity contribution in [3.8, 4) is 0 Å². The van der Waals surface area contributed by atoms with Crippen LogP contribution in [0.2, 0.25) is 0 Å². The molecule has 0 aliphatic carbocycles. The average molecular weight is 274 g/mol. The van der Waals surface area contributed by atoms with Crippen molar-refractivity contribution in [1.82, 2.24) is 0 Å². The van der Waals surface area contributed by atoms with Crippen molar-refractivity contribution in [2.75, 3.05) is 4.72 Å². The third-order valence-electron chi connectivity index (χ3n) is 1.90. The zero-order chi connectivity index (χ0) is 11.6. The van der Waals surface area contributed by atoms with Gasteiger partial charge in [-0.25, -0.2) is 8.42 Å². The molecule has 0 aliphatic rings. The lowest BCUT2D eigenvalue weighted by Crippen LogP contribution is -2.10. The van der Waals surface area contributed by atoms with E-state index in [-0.39, 0.29) is 0 Å². The Morgan fingerprint density at radius 3 is 2.75 bits per heavy atom. The van der Waals surface area contributed by atoms with E-state index in [4.69, 9.17) is 5.73 Å². The molecule has 0 radical (unpaired) electrons. The summed E-state index contributed by atoms with van der Waals surface area (Å²) in [5.41, 5.74) is 6.86. The Labute approximate surface area is 102 Å². The third-order valence-corrected chi connectivity index (χ3v) is 5.46. The van der Waals surface area contributed by atoms with Crippen molar-refractivity contribution in [3.05, 3.63) is 33.8 Å². The SMILES string of the molecule is NCc1csc(S(=O)(=O)Nc2ccsc2)c1. The van der Waals surface area contributed by atoms with Crippen LogP contribution in [-0.2, 0) is 16.6 Å². The molecular formula is C9H10N2O2S3. The van der Waals surface area contributed by atoms with Crippen LogP contribution in [0, 0.1) is 0 Å². The minimum Gasteiger partial charge on any atom is -0.326 e. The zero-order valence-corrected chi connectivity index (χ0v) is 10.7. The van der Waals surface area contributed by atoms with Crippen LogP contribution in [0.4, 0.5) is 5.69 Å². The molecule has 0 bridgehead atoms. The van der Waals surface area contributed by atoms with E-state index in [1.807, 2.05) is 5.38 Å². The highest BCUT2D eigenvalue weighted by Gasteiger charge is 2.16. The van der Waals surface area contributed by atoms with Gasteiger partial charge in [-0.05, 0) is 28.5 Å². The van der Waals surface area contributed by atoms with E-state index < -0.39 is 10.0 Å². The van der Waals surface area contributed by atoms with Crippen LogP contribution >= 0.6 is 22.7 Å². The van der Waals surface area contributed by atoms with E-state index in [2.05, 4.69) is 4.72 Å². The lowest BCUT2D eigenvalue weighted by molar-refractivity contribution is 0.603. The highest BCUT2D eigenvalue weighted by molar-refractivity contribution is 7.94. The smallest absolute Gasteiger partial charge is 0.271 e. The number of sulfonamides is 1. The quantitative estimate of drug-likeness (QED) is 0.896. The fourth-order valence-electron chi connectivity index (χ4n) is 1.13. The average Bonchev–Trinajstić information content (AvgIpc) is 2.85. The Morgan fingerprint density at radius 1 is 1.38 bits per heavy atom. The van der Waals surface area contributed by atoms with Crippen molar-refractivity contribution in [1.29, 1.82) is 0 Å². The summed E-state index contributed by atoms with van der Waals surface area (Å²) in [6.45, 7) is 0.352. The van der Waals surface area contributed by atoms with Crippen LogP contribution in [0.15, 0.2) is 32.5 Å². The minimum absolute atomic E-state index is 0.291.